The molecule has 4 aromatic rings. The quantitative estimate of drug-likeness (QED) is 0.331. The van der Waals surface area contributed by atoms with Gasteiger partial charge >= 0.3 is 5.63 Å². The number of allylic oxidation sites excluding steroid dienone is 1. The van der Waals surface area contributed by atoms with Gasteiger partial charge in [-0.05, 0) is 36.8 Å². The Balaban J connectivity index is 1.60. The lowest BCUT2D eigenvalue weighted by atomic mass is 10.1. The van der Waals surface area contributed by atoms with E-state index in [1.54, 1.807) is 24.4 Å². The Morgan fingerprint density at radius 1 is 1.24 bits per heavy atom. The zero-order valence-corrected chi connectivity index (χ0v) is 16.8. The van der Waals surface area contributed by atoms with E-state index in [4.69, 9.17) is 16.0 Å². The van der Waals surface area contributed by atoms with Gasteiger partial charge in [0.2, 0.25) is 0 Å². The Labute approximate surface area is 175 Å². The summed E-state index contributed by atoms with van der Waals surface area (Å²) < 4.78 is 5.26. The number of nitrogens with one attached hydrogen (secondary N) is 1. The first kappa shape index (κ1) is 18.9. The van der Waals surface area contributed by atoms with Gasteiger partial charge in [-0.2, -0.15) is 5.26 Å². The molecule has 0 bridgehead atoms. The summed E-state index contributed by atoms with van der Waals surface area (Å²) in [6.45, 7) is 1.86. The van der Waals surface area contributed by atoms with Crippen LogP contribution >= 0.6 is 22.9 Å². The number of aryl methyl sites for hydroxylation is 1. The molecule has 29 heavy (non-hydrogen) atoms. The second-order valence-corrected chi connectivity index (χ2v) is 7.61. The van der Waals surface area contributed by atoms with Crippen molar-refractivity contribution in [2.24, 2.45) is 0 Å². The van der Waals surface area contributed by atoms with Crippen LogP contribution in [0, 0.1) is 18.3 Å². The normalized spacial score (nSPS) is 11.4. The van der Waals surface area contributed by atoms with Crippen LogP contribution < -0.4 is 10.9 Å². The monoisotopic (exact) mass is 419 g/mol. The minimum atomic E-state index is -0.391. The molecule has 4 rings (SSSR count). The van der Waals surface area contributed by atoms with Crippen LogP contribution in [0.1, 0.15) is 10.6 Å². The third kappa shape index (κ3) is 4.06. The molecule has 7 heteroatoms. The summed E-state index contributed by atoms with van der Waals surface area (Å²) in [5.74, 6) is 0. The number of nitrogens with zero attached hydrogens (tertiary/aromatic N) is 2. The van der Waals surface area contributed by atoms with Crippen molar-refractivity contribution in [2.75, 3.05) is 5.32 Å². The molecule has 2 aromatic heterocycles. The van der Waals surface area contributed by atoms with E-state index in [0.717, 1.165) is 22.2 Å². The van der Waals surface area contributed by atoms with E-state index >= 15 is 0 Å². The van der Waals surface area contributed by atoms with Gasteiger partial charge in [0.25, 0.3) is 0 Å². The largest absolute Gasteiger partial charge is 0.423 e. The minimum absolute atomic E-state index is 0.391. The smallest absolute Gasteiger partial charge is 0.336 e. The number of nitriles is 1. The molecule has 1 N–H and O–H groups in total. The van der Waals surface area contributed by atoms with Crippen molar-refractivity contribution < 1.29 is 4.42 Å². The third-order valence-electron chi connectivity index (χ3n) is 4.33. The van der Waals surface area contributed by atoms with Crippen LogP contribution in [0.25, 0.3) is 27.8 Å². The number of benzene rings is 2. The van der Waals surface area contributed by atoms with Crippen LogP contribution in [0.3, 0.4) is 0 Å². The van der Waals surface area contributed by atoms with Crippen LogP contribution in [0.2, 0.25) is 5.02 Å². The Bertz CT molecular complexity index is 1330. The molecule has 0 amide bonds. The molecular formula is C22H14ClN3O2S. The van der Waals surface area contributed by atoms with Gasteiger partial charge in [-0.25, -0.2) is 9.78 Å². The molecular weight excluding hydrogens is 406 g/mol. The molecule has 0 unspecified atom stereocenters. The maximum Gasteiger partial charge on any atom is 0.336 e. The summed E-state index contributed by atoms with van der Waals surface area (Å²) in [6, 6.07) is 16.5. The lowest BCUT2D eigenvalue weighted by molar-refractivity contribution is 0.560. The van der Waals surface area contributed by atoms with Crippen LogP contribution in [0.15, 0.2) is 69.3 Å². The number of rotatable bonds is 4. The molecule has 0 aliphatic heterocycles. The lowest BCUT2D eigenvalue weighted by Crippen LogP contribution is -1.98. The standard InChI is InChI=1S/C22H14ClN3O2S/c1-13-8-21(27)28-20-9-17(6-7-18(13)20)25-11-15(10-24)22-26-19(12-29-22)14-2-4-16(23)5-3-14/h2-9,11-12,25H,1H3. The van der Waals surface area contributed by atoms with Crippen LogP contribution in [-0.2, 0) is 0 Å². The SMILES string of the molecule is Cc1cc(=O)oc2cc(NC=C(C#N)c3nc(-c4ccc(Cl)cc4)cs3)ccc12. The van der Waals surface area contributed by atoms with Gasteiger partial charge in [0.05, 0.1) is 5.69 Å². The van der Waals surface area contributed by atoms with Crippen molar-refractivity contribution in [1.29, 1.82) is 5.26 Å². The number of hydrogen-bond donors (Lipinski definition) is 1. The van der Waals surface area contributed by atoms with Gasteiger partial charge in [-0.1, -0.05) is 23.7 Å². The van der Waals surface area contributed by atoms with Gasteiger partial charge in [0.15, 0.2) is 0 Å². The minimum Gasteiger partial charge on any atom is -0.423 e. The molecule has 0 radical (unpaired) electrons. The zero-order valence-electron chi connectivity index (χ0n) is 15.3. The van der Waals surface area contributed by atoms with Crippen molar-refractivity contribution in [3.8, 4) is 17.3 Å². The predicted octanol–water partition coefficient (Wildman–Crippen LogP) is 5.85. The Morgan fingerprint density at radius 2 is 2.03 bits per heavy atom. The Hall–Kier alpha value is -3.40. The summed E-state index contributed by atoms with van der Waals surface area (Å²) in [4.78, 5) is 16.1. The van der Waals surface area contributed by atoms with E-state index in [1.807, 2.05) is 36.6 Å². The maximum absolute atomic E-state index is 11.6. The van der Waals surface area contributed by atoms with E-state index in [0.29, 0.717) is 26.9 Å². The first-order chi connectivity index (χ1) is 14.0. The summed E-state index contributed by atoms with van der Waals surface area (Å²) in [5.41, 5.74) is 3.78. The van der Waals surface area contributed by atoms with Gasteiger partial charge in [0, 0.05) is 45.4 Å². The highest BCUT2D eigenvalue weighted by molar-refractivity contribution is 7.11. The maximum atomic E-state index is 11.6. The van der Waals surface area contributed by atoms with Gasteiger partial charge in [0.1, 0.15) is 22.2 Å². The van der Waals surface area contributed by atoms with Crippen LogP contribution in [-0.4, -0.2) is 4.98 Å². The predicted molar refractivity (Wildman–Crippen MR) is 117 cm³/mol. The number of hydrogen-bond acceptors (Lipinski definition) is 6. The Kier molecular flexibility index (Phi) is 5.17. The molecule has 0 aliphatic carbocycles. The first-order valence-electron chi connectivity index (χ1n) is 8.66. The van der Waals surface area contributed by atoms with E-state index < -0.39 is 5.63 Å². The van der Waals surface area contributed by atoms with Crippen molar-refractivity contribution in [3.05, 3.63) is 86.1 Å². The average Bonchev–Trinajstić information content (AvgIpc) is 3.18. The molecule has 2 heterocycles. The molecule has 0 aliphatic rings. The van der Waals surface area contributed by atoms with Gasteiger partial charge in [-0.3, -0.25) is 0 Å². The molecule has 5 nitrogen and oxygen atoms in total. The molecule has 142 valence electrons. The fraction of sp³-hybridized carbons (Fsp3) is 0.0455. The van der Waals surface area contributed by atoms with E-state index in [2.05, 4.69) is 16.4 Å². The molecule has 0 spiro atoms. The summed E-state index contributed by atoms with van der Waals surface area (Å²) >= 11 is 7.32. The molecule has 0 saturated carbocycles. The second kappa shape index (κ2) is 7.92. The second-order valence-electron chi connectivity index (χ2n) is 6.32. The molecule has 2 aromatic carbocycles. The van der Waals surface area contributed by atoms with Crippen LogP contribution in [0.4, 0.5) is 5.69 Å². The van der Waals surface area contributed by atoms with Gasteiger partial charge in [-0.15, -0.1) is 11.3 Å². The molecule has 0 saturated heterocycles. The van der Waals surface area contributed by atoms with Crippen molar-refractivity contribution in [3.63, 3.8) is 0 Å². The molecule has 0 fully saturated rings. The van der Waals surface area contributed by atoms with E-state index in [1.165, 1.54) is 17.4 Å². The zero-order chi connectivity index (χ0) is 20.4. The number of halogens is 1. The number of anilines is 1. The highest BCUT2D eigenvalue weighted by Crippen LogP contribution is 2.27. The number of fused-ring (bicyclic) bond motifs is 1. The fourth-order valence-electron chi connectivity index (χ4n) is 2.86. The number of thiazole rings is 1. The van der Waals surface area contributed by atoms with Crippen molar-refractivity contribution >= 4 is 45.2 Å². The van der Waals surface area contributed by atoms with Crippen molar-refractivity contribution in [2.45, 2.75) is 6.92 Å². The van der Waals surface area contributed by atoms with E-state index in [-0.39, 0.29) is 0 Å². The highest BCUT2D eigenvalue weighted by Gasteiger charge is 2.09. The topological polar surface area (TPSA) is 78.9 Å². The fourth-order valence-corrected chi connectivity index (χ4v) is 3.78. The summed E-state index contributed by atoms with van der Waals surface area (Å²) in [6.07, 6.45) is 1.60. The van der Waals surface area contributed by atoms with E-state index in [9.17, 15) is 10.1 Å². The highest BCUT2D eigenvalue weighted by atomic mass is 35.5. The Morgan fingerprint density at radius 3 is 2.79 bits per heavy atom. The third-order valence-corrected chi connectivity index (χ3v) is 5.46. The van der Waals surface area contributed by atoms with Crippen molar-refractivity contribution in [1.82, 2.24) is 4.98 Å². The summed E-state index contributed by atoms with van der Waals surface area (Å²) in [5, 5.41) is 16.7. The number of aromatic nitrogens is 1. The summed E-state index contributed by atoms with van der Waals surface area (Å²) in [7, 11) is 0. The van der Waals surface area contributed by atoms with Gasteiger partial charge < -0.3 is 9.73 Å². The molecule has 0 atom stereocenters. The van der Waals surface area contributed by atoms with Crippen LogP contribution in [0.5, 0.6) is 0 Å². The lowest BCUT2D eigenvalue weighted by Gasteiger charge is -2.05. The average molecular weight is 420 g/mol. The first-order valence-corrected chi connectivity index (χ1v) is 9.92.